The quantitative estimate of drug-likeness (QED) is 0.663. The summed E-state index contributed by atoms with van der Waals surface area (Å²) in [5.41, 5.74) is 3.66. The minimum absolute atomic E-state index is 0.0216. The topological polar surface area (TPSA) is 46.1 Å². The van der Waals surface area contributed by atoms with Gasteiger partial charge in [0.1, 0.15) is 12.4 Å². The molecule has 2 N–H and O–H groups in total. The van der Waals surface area contributed by atoms with Crippen LogP contribution in [0.5, 0.6) is 0 Å². The molecule has 1 amide bonds. The molecule has 2 heterocycles. The molecule has 0 saturated heterocycles. The van der Waals surface area contributed by atoms with Gasteiger partial charge in [0.15, 0.2) is 0 Å². The average molecular weight is 263 g/mol. The van der Waals surface area contributed by atoms with Gasteiger partial charge in [-0.05, 0) is 28.7 Å². The van der Waals surface area contributed by atoms with Crippen molar-refractivity contribution in [1.29, 1.82) is 0 Å². The first-order valence-electron chi connectivity index (χ1n) is 3.17. The minimum Gasteiger partial charge on any atom is -0.332 e. The number of nitrogens with one attached hydrogen (secondary N) is 2. The molecule has 4 nitrogen and oxygen atoms in total. The summed E-state index contributed by atoms with van der Waals surface area (Å²) < 4.78 is 2.79. The van der Waals surface area contributed by atoms with Gasteiger partial charge in [-0.1, -0.05) is 0 Å². The molecular formula is C6H6IN3O. The van der Waals surface area contributed by atoms with Crippen molar-refractivity contribution in [2.45, 2.75) is 0 Å². The molecule has 58 valence electrons. The fraction of sp³-hybridized carbons (Fsp3) is 0.167. The fourth-order valence-electron chi connectivity index (χ4n) is 1.03. The summed E-state index contributed by atoms with van der Waals surface area (Å²) in [6, 6.07) is 1.84. The lowest BCUT2D eigenvalue weighted by atomic mass is 10.4. The smallest absolute Gasteiger partial charge is 0.271 e. The number of hydrogen-bond donors (Lipinski definition) is 2. The number of hydrogen-bond acceptors (Lipinski definition) is 2. The molecule has 1 aliphatic heterocycles. The number of amides is 1. The zero-order valence-electron chi connectivity index (χ0n) is 5.60. The zero-order chi connectivity index (χ0) is 7.84. The van der Waals surface area contributed by atoms with Gasteiger partial charge in [0.05, 0.1) is 0 Å². The molecule has 0 bridgehead atoms. The maximum absolute atomic E-state index is 11.1. The molecule has 0 aromatic carbocycles. The van der Waals surface area contributed by atoms with Crippen LogP contribution in [0.4, 0.5) is 0 Å². The highest BCUT2D eigenvalue weighted by Crippen LogP contribution is 2.10. The standard InChI is InChI=1S/C6H6IN3O/c7-4-1-5-6(11)8-3-9-10(5)2-4/h1-2,9H,3H2,(H,8,11). The van der Waals surface area contributed by atoms with Gasteiger partial charge < -0.3 is 10.7 Å². The number of fused-ring (bicyclic) bond motifs is 1. The third-order valence-corrected chi connectivity index (χ3v) is 2.11. The Labute approximate surface area is 77.1 Å². The molecule has 0 saturated carbocycles. The van der Waals surface area contributed by atoms with E-state index in [9.17, 15) is 4.79 Å². The van der Waals surface area contributed by atoms with Crippen LogP contribution in [0.15, 0.2) is 12.3 Å². The molecule has 2 rings (SSSR count). The first kappa shape index (κ1) is 6.96. The molecule has 0 radical (unpaired) electrons. The Morgan fingerprint density at radius 1 is 1.64 bits per heavy atom. The highest BCUT2D eigenvalue weighted by atomic mass is 127. The van der Waals surface area contributed by atoms with Crippen molar-refractivity contribution in [2.75, 3.05) is 12.1 Å². The summed E-state index contributed by atoms with van der Waals surface area (Å²) in [6.45, 7) is 0.497. The molecule has 1 aromatic heterocycles. The second-order valence-electron chi connectivity index (χ2n) is 2.25. The van der Waals surface area contributed by atoms with E-state index in [1.807, 2.05) is 12.3 Å². The molecule has 0 spiro atoms. The number of carbonyl (C=O) groups excluding carboxylic acids is 1. The highest BCUT2D eigenvalue weighted by molar-refractivity contribution is 14.1. The lowest BCUT2D eigenvalue weighted by molar-refractivity contribution is 0.0936. The summed E-state index contributed by atoms with van der Waals surface area (Å²) in [7, 11) is 0. The van der Waals surface area contributed by atoms with Crippen molar-refractivity contribution < 1.29 is 4.79 Å². The van der Waals surface area contributed by atoms with Crippen molar-refractivity contribution in [2.24, 2.45) is 0 Å². The molecular weight excluding hydrogens is 257 g/mol. The summed E-state index contributed by atoms with van der Waals surface area (Å²) in [5.74, 6) is -0.0216. The molecule has 0 unspecified atom stereocenters. The Hall–Kier alpha value is -0.720. The van der Waals surface area contributed by atoms with Gasteiger partial charge in [0, 0.05) is 9.77 Å². The third kappa shape index (κ3) is 1.09. The number of carbonyl (C=O) groups is 1. The van der Waals surface area contributed by atoms with Crippen LogP contribution in [0.25, 0.3) is 0 Å². The van der Waals surface area contributed by atoms with E-state index >= 15 is 0 Å². The van der Waals surface area contributed by atoms with Crippen molar-refractivity contribution in [1.82, 2.24) is 9.99 Å². The minimum atomic E-state index is -0.0216. The Kier molecular flexibility index (Phi) is 1.52. The van der Waals surface area contributed by atoms with Crippen LogP contribution in [0, 0.1) is 3.57 Å². The molecule has 1 aliphatic rings. The third-order valence-electron chi connectivity index (χ3n) is 1.52. The van der Waals surface area contributed by atoms with Gasteiger partial charge in [-0.3, -0.25) is 9.47 Å². The predicted molar refractivity (Wildman–Crippen MR) is 48.8 cm³/mol. The van der Waals surface area contributed by atoms with E-state index in [1.54, 1.807) is 4.68 Å². The monoisotopic (exact) mass is 263 g/mol. The molecule has 5 heteroatoms. The zero-order valence-corrected chi connectivity index (χ0v) is 7.75. The number of nitrogens with zero attached hydrogens (tertiary/aromatic N) is 1. The fourth-order valence-corrected chi connectivity index (χ4v) is 1.61. The molecule has 0 fully saturated rings. The van der Waals surface area contributed by atoms with Crippen LogP contribution in [-0.2, 0) is 0 Å². The van der Waals surface area contributed by atoms with E-state index in [0.717, 1.165) is 3.57 Å². The molecule has 0 aliphatic carbocycles. The Balaban J connectivity index is 2.52. The van der Waals surface area contributed by atoms with Gasteiger partial charge in [0.25, 0.3) is 5.91 Å². The van der Waals surface area contributed by atoms with Crippen molar-refractivity contribution in [3.63, 3.8) is 0 Å². The second kappa shape index (κ2) is 2.40. The first-order valence-corrected chi connectivity index (χ1v) is 4.25. The lowest BCUT2D eigenvalue weighted by Crippen LogP contribution is -2.40. The first-order chi connectivity index (χ1) is 5.27. The van der Waals surface area contributed by atoms with Crippen LogP contribution in [0.1, 0.15) is 10.5 Å². The maximum Gasteiger partial charge on any atom is 0.271 e. The largest absolute Gasteiger partial charge is 0.332 e. The Bertz CT molecular complexity index is 307. The van der Waals surface area contributed by atoms with Crippen molar-refractivity contribution >= 4 is 28.5 Å². The lowest BCUT2D eigenvalue weighted by Gasteiger charge is -2.17. The summed E-state index contributed by atoms with van der Waals surface area (Å²) in [4.78, 5) is 11.1. The van der Waals surface area contributed by atoms with Gasteiger partial charge in [-0.2, -0.15) is 0 Å². The van der Waals surface area contributed by atoms with Crippen LogP contribution >= 0.6 is 22.6 Å². The number of rotatable bonds is 0. The van der Waals surface area contributed by atoms with E-state index in [2.05, 4.69) is 33.3 Å². The molecule has 1 aromatic rings. The second-order valence-corrected chi connectivity index (χ2v) is 3.50. The van der Waals surface area contributed by atoms with Crippen LogP contribution in [-0.4, -0.2) is 17.3 Å². The Morgan fingerprint density at radius 3 is 3.18 bits per heavy atom. The normalized spacial score (nSPS) is 15.2. The van der Waals surface area contributed by atoms with Crippen molar-refractivity contribution in [3.8, 4) is 0 Å². The van der Waals surface area contributed by atoms with Crippen molar-refractivity contribution in [3.05, 3.63) is 21.5 Å². The summed E-state index contributed by atoms with van der Waals surface area (Å²) >= 11 is 2.17. The van der Waals surface area contributed by atoms with E-state index in [0.29, 0.717) is 12.4 Å². The SMILES string of the molecule is O=C1NCNn2cc(I)cc21. The maximum atomic E-state index is 11.1. The van der Waals surface area contributed by atoms with E-state index in [-0.39, 0.29) is 5.91 Å². The average Bonchev–Trinajstić information content (AvgIpc) is 2.31. The number of aromatic nitrogens is 1. The van der Waals surface area contributed by atoms with E-state index < -0.39 is 0 Å². The number of halogens is 1. The molecule has 11 heavy (non-hydrogen) atoms. The van der Waals surface area contributed by atoms with Gasteiger partial charge in [-0.15, -0.1) is 0 Å². The van der Waals surface area contributed by atoms with E-state index in [4.69, 9.17) is 0 Å². The van der Waals surface area contributed by atoms with Gasteiger partial charge >= 0.3 is 0 Å². The van der Waals surface area contributed by atoms with Crippen LogP contribution in [0.2, 0.25) is 0 Å². The Morgan fingerprint density at radius 2 is 2.45 bits per heavy atom. The predicted octanol–water partition coefficient (Wildman–Crippen LogP) is 0.337. The van der Waals surface area contributed by atoms with Gasteiger partial charge in [0.2, 0.25) is 0 Å². The highest BCUT2D eigenvalue weighted by Gasteiger charge is 2.15. The summed E-state index contributed by atoms with van der Waals surface area (Å²) in [5, 5.41) is 2.68. The van der Waals surface area contributed by atoms with Crippen LogP contribution < -0.4 is 10.7 Å². The van der Waals surface area contributed by atoms with E-state index in [1.165, 1.54) is 0 Å². The summed E-state index contributed by atoms with van der Waals surface area (Å²) in [6.07, 6.45) is 1.88. The van der Waals surface area contributed by atoms with Crippen LogP contribution in [0.3, 0.4) is 0 Å². The van der Waals surface area contributed by atoms with Gasteiger partial charge in [-0.25, -0.2) is 0 Å². The molecule has 0 atom stereocenters.